The Morgan fingerprint density at radius 2 is 1.65 bits per heavy atom. The maximum atomic E-state index is 12.6. The number of imide groups is 1. The summed E-state index contributed by atoms with van der Waals surface area (Å²) in [6.07, 6.45) is 6.73. The minimum absolute atomic E-state index is 0.0322. The molecule has 1 saturated carbocycles. The predicted octanol–water partition coefficient (Wildman–Crippen LogP) is 1.54. The van der Waals surface area contributed by atoms with Crippen LogP contribution in [0.25, 0.3) is 0 Å². The number of hydrogen-bond donors (Lipinski definition) is 2. The number of carbonyl (C=O) groups excluding carboxylic acids is 2. The highest BCUT2D eigenvalue weighted by Gasteiger charge is 2.56. The molecule has 1 aliphatic heterocycles. The standard InChI is InChI=1S/C17H15N3O6/c21-12-6-13(22)11(20(25)26)5-10(12)7-18-19-16(23)14-8-1-2-9(4-3-8)15(14)17(19)24/h1-2,5-9,14-15,21-22H,3-4H2/b18-7+/t8-,9+,14+,15-. The van der Waals surface area contributed by atoms with Crippen LogP contribution in [0.4, 0.5) is 5.69 Å². The van der Waals surface area contributed by atoms with E-state index >= 15 is 0 Å². The van der Waals surface area contributed by atoms with Gasteiger partial charge in [0.05, 0.1) is 23.0 Å². The molecule has 2 amide bonds. The van der Waals surface area contributed by atoms with Crippen molar-refractivity contribution >= 4 is 23.7 Å². The fraction of sp³-hybridized carbons (Fsp3) is 0.353. The number of phenolic OH excluding ortho intramolecular Hbond substituents is 2. The van der Waals surface area contributed by atoms with Crippen molar-refractivity contribution in [3.8, 4) is 11.5 Å². The summed E-state index contributed by atoms with van der Waals surface area (Å²) < 4.78 is 0. The molecule has 1 heterocycles. The smallest absolute Gasteiger partial charge is 0.311 e. The van der Waals surface area contributed by atoms with Gasteiger partial charge in [0.25, 0.3) is 11.8 Å². The van der Waals surface area contributed by atoms with Crippen LogP contribution in [0, 0.1) is 33.8 Å². The van der Waals surface area contributed by atoms with Crippen LogP contribution < -0.4 is 0 Å². The van der Waals surface area contributed by atoms with Crippen molar-refractivity contribution in [3.63, 3.8) is 0 Å². The predicted molar refractivity (Wildman–Crippen MR) is 88.2 cm³/mol. The summed E-state index contributed by atoms with van der Waals surface area (Å²) in [6, 6.07) is 1.74. The number of nitro benzene ring substituents is 1. The Kier molecular flexibility index (Phi) is 3.53. The van der Waals surface area contributed by atoms with E-state index in [4.69, 9.17) is 0 Å². The molecule has 1 saturated heterocycles. The average molecular weight is 357 g/mol. The van der Waals surface area contributed by atoms with Gasteiger partial charge in [0, 0.05) is 17.7 Å². The Balaban J connectivity index is 1.64. The minimum atomic E-state index is -0.809. The Labute approximate surface area is 147 Å². The minimum Gasteiger partial charge on any atom is -0.507 e. The monoisotopic (exact) mass is 357 g/mol. The van der Waals surface area contributed by atoms with E-state index in [1.165, 1.54) is 0 Å². The Hall–Kier alpha value is -3.23. The Bertz CT molecular complexity index is 861. The Morgan fingerprint density at radius 3 is 2.15 bits per heavy atom. The fourth-order valence-electron chi connectivity index (χ4n) is 4.12. The zero-order chi connectivity index (χ0) is 18.6. The molecule has 9 heteroatoms. The third-order valence-electron chi connectivity index (χ3n) is 5.37. The lowest BCUT2D eigenvalue weighted by Crippen LogP contribution is -2.38. The molecule has 4 atom stereocenters. The molecule has 0 aromatic heterocycles. The summed E-state index contributed by atoms with van der Waals surface area (Å²) in [5.74, 6) is -2.67. The highest BCUT2D eigenvalue weighted by molar-refractivity contribution is 6.06. The molecule has 0 radical (unpaired) electrons. The van der Waals surface area contributed by atoms with E-state index in [9.17, 15) is 29.9 Å². The van der Waals surface area contributed by atoms with E-state index in [1.807, 2.05) is 12.2 Å². The summed E-state index contributed by atoms with van der Waals surface area (Å²) in [4.78, 5) is 35.3. The van der Waals surface area contributed by atoms with Crippen LogP contribution in [0.2, 0.25) is 0 Å². The van der Waals surface area contributed by atoms with Crippen LogP contribution in [-0.2, 0) is 9.59 Å². The molecule has 4 aliphatic rings. The van der Waals surface area contributed by atoms with Gasteiger partial charge in [-0.2, -0.15) is 10.1 Å². The quantitative estimate of drug-likeness (QED) is 0.277. The van der Waals surface area contributed by atoms with E-state index in [-0.39, 0.29) is 29.2 Å². The lowest BCUT2D eigenvalue weighted by Gasteiger charge is -2.37. The fourth-order valence-corrected chi connectivity index (χ4v) is 4.12. The van der Waals surface area contributed by atoms with Gasteiger partial charge in [-0.15, -0.1) is 0 Å². The van der Waals surface area contributed by atoms with Crippen molar-refractivity contribution in [2.75, 3.05) is 0 Å². The number of hydrogen-bond acceptors (Lipinski definition) is 7. The van der Waals surface area contributed by atoms with Gasteiger partial charge in [0.2, 0.25) is 0 Å². The summed E-state index contributed by atoms with van der Waals surface area (Å²) in [6.45, 7) is 0. The first-order chi connectivity index (χ1) is 12.4. The van der Waals surface area contributed by atoms with Crippen molar-refractivity contribution in [3.05, 3.63) is 40.0 Å². The number of amides is 2. The molecule has 5 rings (SSSR count). The molecule has 134 valence electrons. The second kappa shape index (κ2) is 5.65. The number of phenols is 2. The van der Waals surface area contributed by atoms with Crippen LogP contribution in [-0.4, -0.2) is 38.2 Å². The second-order valence-electron chi connectivity index (χ2n) is 6.73. The third kappa shape index (κ3) is 2.27. The van der Waals surface area contributed by atoms with Crippen LogP contribution in [0.5, 0.6) is 11.5 Å². The van der Waals surface area contributed by atoms with E-state index in [0.717, 1.165) is 36.2 Å². The summed E-state index contributed by atoms with van der Waals surface area (Å²) in [5, 5.41) is 34.9. The first-order valence-corrected chi connectivity index (χ1v) is 8.19. The number of nitrogens with zero attached hydrogens (tertiary/aromatic N) is 3. The summed E-state index contributed by atoms with van der Waals surface area (Å²) >= 11 is 0. The number of rotatable bonds is 3. The average Bonchev–Trinajstić information content (AvgIpc) is 2.88. The van der Waals surface area contributed by atoms with Gasteiger partial charge in [-0.05, 0) is 24.7 Å². The van der Waals surface area contributed by atoms with E-state index < -0.39 is 33.9 Å². The van der Waals surface area contributed by atoms with Gasteiger partial charge >= 0.3 is 5.69 Å². The topological polar surface area (TPSA) is 133 Å². The van der Waals surface area contributed by atoms with Crippen molar-refractivity contribution in [1.29, 1.82) is 0 Å². The highest BCUT2D eigenvalue weighted by Crippen LogP contribution is 2.49. The molecule has 1 aromatic rings. The Morgan fingerprint density at radius 1 is 1.08 bits per heavy atom. The second-order valence-corrected chi connectivity index (χ2v) is 6.73. The van der Waals surface area contributed by atoms with Gasteiger partial charge < -0.3 is 10.2 Å². The summed E-state index contributed by atoms with van der Waals surface area (Å²) in [7, 11) is 0. The number of allylic oxidation sites excluding steroid dienone is 2. The number of aromatic hydroxyl groups is 2. The number of nitro groups is 1. The normalized spacial score (nSPS) is 29.6. The highest BCUT2D eigenvalue weighted by atomic mass is 16.6. The number of benzene rings is 1. The molecular weight excluding hydrogens is 342 g/mol. The largest absolute Gasteiger partial charge is 0.507 e. The van der Waals surface area contributed by atoms with Gasteiger partial charge in [0.15, 0.2) is 5.75 Å². The van der Waals surface area contributed by atoms with Crippen LogP contribution in [0.1, 0.15) is 18.4 Å². The van der Waals surface area contributed by atoms with E-state index in [2.05, 4.69) is 5.10 Å². The number of fused-ring (bicyclic) bond motifs is 1. The molecule has 2 bridgehead atoms. The van der Waals surface area contributed by atoms with Gasteiger partial charge in [-0.1, -0.05) is 12.2 Å². The molecule has 2 fully saturated rings. The maximum absolute atomic E-state index is 12.6. The molecule has 26 heavy (non-hydrogen) atoms. The first-order valence-electron chi connectivity index (χ1n) is 8.19. The van der Waals surface area contributed by atoms with Crippen LogP contribution >= 0.6 is 0 Å². The zero-order valence-electron chi connectivity index (χ0n) is 13.5. The summed E-state index contributed by atoms with van der Waals surface area (Å²) in [5.41, 5.74) is -0.690. The SMILES string of the molecule is O=C1[C@@H]2[C@H](C(=O)N1/N=C/c1cc([N+](=O)[O-])c(O)cc1O)[C@H]1C=C[C@@H]2CC1. The van der Waals surface area contributed by atoms with Crippen molar-refractivity contribution in [2.24, 2.45) is 28.8 Å². The zero-order valence-corrected chi connectivity index (χ0v) is 13.5. The van der Waals surface area contributed by atoms with Gasteiger partial charge in [-0.25, -0.2) is 0 Å². The van der Waals surface area contributed by atoms with Crippen LogP contribution in [0.3, 0.4) is 0 Å². The molecular formula is C17H15N3O6. The number of carbonyl (C=O) groups is 2. The molecule has 0 spiro atoms. The van der Waals surface area contributed by atoms with Crippen LogP contribution in [0.15, 0.2) is 29.4 Å². The third-order valence-corrected chi connectivity index (χ3v) is 5.37. The van der Waals surface area contributed by atoms with Gasteiger partial charge in [0.1, 0.15) is 5.75 Å². The molecule has 0 unspecified atom stereocenters. The first kappa shape index (κ1) is 16.2. The maximum Gasteiger partial charge on any atom is 0.311 e. The van der Waals surface area contributed by atoms with E-state index in [0.29, 0.717) is 0 Å². The molecule has 1 aromatic carbocycles. The van der Waals surface area contributed by atoms with Crippen molar-refractivity contribution in [1.82, 2.24) is 5.01 Å². The van der Waals surface area contributed by atoms with Gasteiger partial charge in [-0.3, -0.25) is 19.7 Å². The van der Waals surface area contributed by atoms with Crippen molar-refractivity contribution < 1.29 is 24.7 Å². The lowest BCUT2D eigenvalue weighted by atomic mass is 9.63. The van der Waals surface area contributed by atoms with Crippen molar-refractivity contribution in [2.45, 2.75) is 12.8 Å². The molecule has 9 nitrogen and oxygen atoms in total. The number of hydrazone groups is 1. The van der Waals surface area contributed by atoms with E-state index in [1.54, 1.807) is 0 Å². The molecule has 3 aliphatic carbocycles. The lowest BCUT2D eigenvalue weighted by molar-refractivity contribution is -0.385. The molecule has 2 N–H and O–H groups in total.